The summed E-state index contributed by atoms with van der Waals surface area (Å²) in [6.45, 7) is 2.06. The van der Waals surface area contributed by atoms with Gasteiger partial charge in [-0.15, -0.1) is 0 Å². The first-order valence-corrected chi connectivity index (χ1v) is 7.25. The maximum Gasteiger partial charge on any atom is 0.189 e. The normalized spacial score (nSPS) is 23.0. The fourth-order valence-corrected chi connectivity index (χ4v) is 2.77. The molecule has 2 atom stereocenters. The Labute approximate surface area is 125 Å². The molecular formula is C19H18O2. The number of benzene rings is 2. The first kappa shape index (κ1) is 13.6. The van der Waals surface area contributed by atoms with Crippen molar-refractivity contribution < 1.29 is 9.53 Å². The quantitative estimate of drug-likeness (QED) is 0.616. The van der Waals surface area contributed by atoms with Crippen LogP contribution in [0.15, 0.2) is 72.5 Å². The van der Waals surface area contributed by atoms with Gasteiger partial charge < -0.3 is 4.74 Å². The van der Waals surface area contributed by atoms with E-state index in [-0.39, 0.29) is 11.9 Å². The third-order valence-electron chi connectivity index (χ3n) is 3.90. The summed E-state index contributed by atoms with van der Waals surface area (Å²) in [6.07, 6.45) is 2.51. The first-order valence-electron chi connectivity index (χ1n) is 7.25. The van der Waals surface area contributed by atoms with Gasteiger partial charge in [-0.2, -0.15) is 0 Å². The molecule has 0 N–H and O–H groups in total. The van der Waals surface area contributed by atoms with Gasteiger partial charge in [0.1, 0.15) is 11.9 Å². The Balaban J connectivity index is 1.77. The third kappa shape index (κ3) is 3.05. The van der Waals surface area contributed by atoms with Crippen LogP contribution in [0, 0.1) is 0 Å². The molecule has 0 amide bonds. The Kier molecular flexibility index (Phi) is 3.87. The Morgan fingerprint density at radius 2 is 1.67 bits per heavy atom. The van der Waals surface area contributed by atoms with Crippen molar-refractivity contribution in [3.05, 3.63) is 83.6 Å². The van der Waals surface area contributed by atoms with E-state index in [0.29, 0.717) is 11.5 Å². The number of carbonyl (C=O) groups is 1. The number of allylic oxidation sites excluding steroid dienone is 2. The molecule has 1 aliphatic rings. The van der Waals surface area contributed by atoms with Gasteiger partial charge in [-0.05, 0) is 12.5 Å². The van der Waals surface area contributed by atoms with Crippen LogP contribution in [-0.4, -0.2) is 11.9 Å². The minimum Gasteiger partial charge on any atom is -0.494 e. The van der Waals surface area contributed by atoms with E-state index in [1.165, 1.54) is 5.56 Å². The number of hydrogen-bond donors (Lipinski definition) is 0. The summed E-state index contributed by atoms with van der Waals surface area (Å²) in [5.41, 5.74) is 1.96. The molecule has 0 saturated carbocycles. The molecule has 3 rings (SSSR count). The minimum absolute atomic E-state index is 0.00603. The van der Waals surface area contributed by atoms with Crippen molar-refractivity contribution in [3.8, 4) is 0 Å². The summed E-state index contributed by atoms with van der Waals surface area (Å²) in [5.74, 6) is 1.11. The molecule has 106 valence electrons. The lowest BCUT2D eigenvalue weighted by molar-refractivity contribution is 0.103. The highest BCUT2D eigenvalue weighted by atomic mass is 16.5. The molecule has 1 aliphatic heterocycles. The van der Waals surface area contributed by atoms with Crippen molar-refractivity contribution >= 4 is 5.78 Å². The van der Waals surface area contributed by atoms with E-state index in [0.717, 1.165) is 12.2 Å². The highest BCUT2D eigenvalue weighted by Gasteiger charge is 2.30. The lowest BCUT2D eigenvalue weighted by Crippen LogP contribution is -2.08. The molecule has 1 saturated heterocycles. The molecule has 2 aromatic carbocycles. The second-order valence-electron chi connectivity index (χ2n) is 5.39. The lowest BCUT2D eigenvalue weighted by atomic mass is 9.92. The van der Waals surface area contributed by atoms with Gasteiger partial charge in [-0.3, -0.25) is 4.79 Å². The second-order valence-corrected chi connectivity index (χ2v) is 5.39. The number of ether oxygens (including phenoxy) is 1. The second kappa shape index (κ2) is 5.96. The van der Waals surface area contributed by atoms with E-state index in [1.54, 1.807) is 6.08 Å². The van der Waals surface area contributed by atoms with E-state index < -0.39 is 0 Å². The van der Waals surface area contributed by atoms with Crippen molar-refractivity contribution in [2.75, 3.05) is 0 Å². The summed E-state index contributed by atoms with van der Waals surface area (Å²) >= 11 is 0. The van der Waals surface area contributed by atoms with Crippen molar-refractivity contribution in [1.29, 1.82) is 0 Å². The number of rotatable bonds is 3. The minimum atomic E-state index is 0.00603. The zero-order chi connectivity index (χ0) is 14.7. The molecule has 0 aromatic heterocycles. The van der Waals surface area contributed by atoms with Gasteiger partial charge in [0, 0.05) is 24.0 Å². The number of carbonyl (C=O) groups excluding carboxylic acids is 1. The van der Waals surface area contributed by atoms with Crippen LogP contribution < -0.4 is 0 Å². The van der Waals surface area contributed by atoms with Gasteiger partial charge in [0.25, 0.3) is 0 Å². The van der Waals surface area contributed by atoms with Crippen LogP contribution in [-0.2, 0) is 4.74 Å². The summed E-state index contributed by atoms with van der Waals surface area (Å²) in [7, 11) is 0. The molecule has 0 spiro atoms. The van der Waals surface area contributed by atoms with Crippen LogP contribution in [0.4, 0.5) is 0 Å². The van der Waals surface area contributed by atoms with Crippen molar-refractivity contribution in [2.45, 2.75) is 25.4 Å². The van der Waals surface area contributed by atoms with E-state index in [9.17, 15) is 4.79 Å². The average Bonchev–Trinajstić information content (AvgIpc) is 2.89. The van der Waals surface area contributed by atoms with Crippen molar-refractivity contribution in [3.63, 3.8) is 0 Å². The van der Waals surface area contributed by atoms with E-state index in [1.807, 2.05) is 48.5 Å². The van der Waals surface area contributed by atoms with Gasteiger partial charge >= 0.3 is 0 Å². The molecule has 2 aromatic rings. The van der Waals surface area contributed by atoms with E-state index in [2.05, 4.69) is 19.1 Å². The van der Waals surface area contributed by atoms with Gasteiger partial charge in [-0.25, -0.2) is 0 Å². The van der Waals surface area contributed by atoms with Gasteiger partial charge in [0.2, 0.25) is 0 Å². The van der Waals surface area contributed by atoms with Crippen LogP contribution in [0.3, 0.4) is 0 Å². The summed E-state index contributed by atoms with van der Waals surface area (Å²) in [4.78, 5) is 12.2. The Morgan fingerprint density at radius 3 is 2.33 bits per heavy atom. The Morgan fingerprint density at radius 1 is 1.05 bits per heavy atom. The number of ketones is 1. The van der Waals surface area contributed by atoms with Crippen molar-refractivity contribution in [2.24, 2.45) is 0 Å². The van der Waals surface area contributed by atoms with Gasteiger partial charge in [0.15, 0.2) is 5.78 Å². The fraction of sp³-hybridized carbons (Fsp3) is 0.211. The molecule has 2 nitrogen and oxygen atoms in total. The van der Waals surface area contributed by atoms with Crippen LogP contribution in [0.1, 0.15) is 35.2 Å². The first-order chi connectivity index (χ1) is 10.2. The van der Waals surface area contributed by atoms with Crippen molar-refractivity contribution in [1.82, 2.24) is 0 Å². The molecule has 1 heterocycles. The predicted molar refractivity (Wildman–Crippen MR) is 83.2 cm³/mol. The van der Waals surface area contributed by atoms with Crippen LogP contribution in [0.2, 0.25) is 0 Å². The summed E-state index contributed by atoms with van der Waals surface area (Å²) in [5, 5.41) is 0. The standard InChI is InChI=1S/C19H18O2/c1-14-18(15-8-4-2-5-9-15)12-17(21-14)13-19(20)16-10-6-3-7-11-16/h2-11,13-14,18H,12H2,1H3/b17-13-/t14-,18-/m1/s1. The number of hydrogen-bond acceptors (Lipinski definition) is 2. The van der Waals surface area contributed by atoms with Gasteiger partial charge in [-0.1, -0.05) is 60.7 Å². The molecule has 0 radical (unpaired) electrons. The van der Waals surface area contributed by atoms with E-state index >= 15 is 0 Å². The summed E-state index contributed by atoms with van der Waals surface area (Å²) in [6, 6.07) is 19.6. The molecular weight excluding hydrogens is 260 g/mol. The zero-order valence-corrected chi connectivity index (χ0v) is 12.0. The molecule has 21 heavy (non-hydrogen) atoms. The molecule has 0 unspecified atom stereocenters. The third-order valence-corrected chi connectivity index (χ3v) is 3.90. The van der Waals surface area contributed by atoms with Crippen LogP contribution >= 0.6 is 0 Å². The van der Waals surface area contributed by atoms with E-state index in [4.69, 9.17) is 4.74 Å². The SMILES string of the molecule is C[C@H]1O/C(=C\C(=O)c2ccccc2)C[C@H]1c1ccccc1. The zero-order valence-electron chi connectivity index (χ0n) is 12.0. The maximum atomic E-state index is 12.2. The van der Waals surface area contributed by atoms with Gasteiger partial charge in [0.05, 0.1) is 0 Å². The lowest BCUT2D eigenvalue weighted by Gasteiger charge is -2.13. The summed E-state index contributed by atoms with van der Waals surface area (Å²) < 4.78 is 5.86. The largest absolute Gasteiger partial charge is 0.494 e. The fourth-order valence-electron chi connectivity index (χ4n) is 2.77. The average molecular weight is 278 g/mol. The maximum absolute atomic E-state index is 12.2. The highest BCUT2D eigenvalue weighted by molar-refractivity contribution is 6.04. The Hall–Kier alpha value is -2.35. The smallest absolute Gasteiger partial charge is 0.189 e. The van der Waals surface area contributed by atoms with Crippen LogP contribution in [0.25, 0.3) is 0 Å². The predicted octanol–water partition coefficient (Wildman–Crippen LogP) is 4.35. The Bertz CT molecular complexity index is 644. The molecule has 0 aliphatic carbocycles. The van der Waals surface area contributed by atoms with Crippen LogP contribution in [0.5, 0.6) is 0 Å². The topological polar surface area (TPSA) is 26.3 Å². The molecule has 2 heteroatoms. The molecule has 1 fully saturated rings. The monoisotopic (exact) mass is 278 g/mol. The highest BCUT2D eigenvalue weighted by Crippen LogP contribution is 2.37. The molecule has 0 bridgehead atoms.